The highest BCUT2D eigenvalue weighted by molar-refractivity contribution is 7.89. The number of aliphatic hydroxyl groups is 1. The Morgan fingerprint density at radius 1 is 1.43 bits per heavy atom. The van der Waals surface area contributed by atoms with Crippen molar-refractivity contribution in [2.45, 2.75) is 37.3 Å². The van der Waals surface area contributed by atoms with Crippen molar-refractivity contribution < 1.29 is 27.8 Å². The molecular formula is C13H16FNO5S. The number of hydrogen-bond donors (Lipinski definition) is 3. The first-order chi connectivity index (χ1) is 9.55. The van der Waals surface area contributed by atoms with Crippen molar-refractivity contribution in [1.82, 2.24) is 4.72 Å². The van der Waals surface area contributed by atoms with E-state index in [4.69, 9.17) is 5.11 Å². The third kappa shape index (κ3) is 2.78. The summed E-state index contributed by atoms with van der Waals surface area (Å²) in [6.07, 6.45) is -0.410. The molecular weight excluding hydrogens is 301 g/mol. The van der Waals surface area contributed by atoms with Gasteiger partial charge < -0.3 is 10.2 Å². The van der Waals surface area contributed by atoms with Crippen LogP contribution in [0.15, 0.2) is 23.1 Å². The van der Waals surface area contributed by atoms with Gasteiger partial charge in [0.05, 0.1) is 11.7 Å². The highest BCUT2D eigenvalue weighted by atomic mass is 32.2. The molecule has 1 saturated carbocycles. The van der Waals surface area contributed by atoms with Gasteiger partial charge in [0.1, 0.15) is 10.7 Å². The summed E-state index contributed by atoms with van der Waals surface area (Å²) in [6, 6.07) is 2.04. The van der Waals surface area contributed by atoms with Gasteiger partial charge in [-0.3, -0.25) is 0 Å². The number of aromatic carboxylic acids is 1. The number of aliphatic hydroxyl groups excluding tert-OH is 1. The van der Waals surface area contributed by atoms with E-state index in [2.05, 4.69) is 4.72 Å². The minimum atomic E-state index is -4.20. The SMILES string of the molecule is CC1(C)C(O)CC1NS(=O)(=O)c1cc(C(=O)O)ccc1F. The fraction of sp³-hybridized carbons (Fsp3) is 0.462. The lowest BCUT2D eigenvalue weighted by atomic mass is 9.65. The summed E-state index contributed by atoms with van der Waals surface area (Å²) in [5.74, 6) is -2.36. The van der Waals surface area contributed by atoms with Gasteiger partial charge in [-0.2, -0.15) is 0 Å². The standard InChI is InChI=1S/C13H16FNO5S/c1-13(2)10(6-11(13)16)15-21(19,20)9-5-7(12(17)18)3-4-8(9)14/h3-5,10-11,15-16H,6H2,1-2H3,(H,17,18). The maximum atomic E-state index is 13.7. The number of sulfonamides is 1. The van der Waals surface area contributed by atoms with E-state index >= 15 is 0 Å². The Labute approximate surface area is 121 Å². The van der Waals surface area contributed by atoms with Crippen molar-refractivity contribution in [2.24, 2.45) is 5.41 Å². The molecule has 0 aliphatic heterocycles. The molecule has 116 valence electrons. The van der Waals surface area contributed by atoms with Crippen LogP contribution in [0.1, 0.15) is 30.6 Å². The molecule has 0 spiro atoms. The van der Waals surface area contributed by atoms with Crippen molar-refractivity contribution in [3.8, 4) is 0 Å². The third-order valence-electron chi connectivity index (χ3n) is 3.98. The molecule has 2 atom stereocenters. The topological polar surface area (TPSA) is 104 Å². The quantitative estimate of drug-likeness (QED) is 0.767. The Morgan fingerprint density at radius 3 is 2.52 bits per heavy atom. The van der Waals surface area contributed by atoms with Crippen molar-refractivity contribution in [2.75, 3.05) is 0 Å². The molecule has 0 saturated heterocycles. The van der Waals surface area contributed by atoms with Crippen LogP contribution in [0.2, 0.25) is 0 Å². The monoisotopic (exact) mass is 317 g/mol. The van der Waals surface area contributed by atoms with Crippen LogP contribution in [-0.4, -0.2) is 36.7 Å². The maximum absolute atomic E-state index is 13.7. The zero-order valence-corrected chi connectivity index (χ0v) is 12.3. The molecule has 21 heavy (non-hydrogen) atoms. The van der Waals surface area contributed by atoms with Crippen LogP contribution in [0.5, 0.6) is 0 Å². The van der Waals surface area contributed by atoms with Crippen LogP contribution in [0.25, 0.3) is 0 Å². The molecule has 0 aromatic heterocycles. The fourth-order valence-corrected chi connectivity index (χ4v) is 3.70. The van der Waals surface area contributed by atoms with E-state index in [9.17, 15) is 22.7 Å². The van der Waals surface area contributed by atoms with Crippen LogP contribution >= 0.6 is 0 Å². The molecule has 1 aromatic rings. The number of carboxylic acid groups (broad SMARTS) is 1. The first-order valence-electron chi connectivity index (χ1n) is 6.29. The molecule has 2 unspecified atom stereocenters. The molecule has 0 bridgehead atoms. The van der Waals surface area contributed by atoms with Gasteiger partial charge in [-0.25, -0.2) is 22.3 Å². The number of halogens is 1. The lowest BCUT2D eigenvalue weighted by Gasteiger charge is -2.49. The van der Waals surface area contributed by atoms with Crippen LogP contribution in [-0.2, 0) is 10.0 Å². The van der Waals surface area contributed by atoms with Gasteiger partial charge in [-0.05, 0) is 24.6 Å². The third-order valence-corrected chi connectivity index (χ3v) is 5.47. The lowest BCUT2D eigenvalue weighted by molar-refractivity contribution is -0.0645. The zero-order valence-electron chi connectivity index (χ0n) is 11.5. The van der Waals surface area contributed by atoms with Gasteiger partial charge in [0, 0.05) is 11.5 Å². The van der Waals surface area contributed by atoms with E-state index in [1.807, 2.05) is 0 Å². The molecule has 1 fully saturated rings. The number of carboxylic acids is 1. The molecule has 1 aromatic carbocycles. The van der Waals surface area contributed by atoms with E-state index in [0.29, 0.717) is 0 Å². The molecule has 0 heterocycles. The van der Waals surface area contributed by atoms with Crippen molar-refractivity contribution >= 4 is 16.0 Å². The molecule has 1 aliphatic rings. The van der Waals surface area contributed by atoms with Gasteiger partial charge >= 0.3 is 5.97 Å². The van der Waals surface area contributed by atoms with Gasteiger partial charge in [0.15, 0.2) is 0 Å². The molecule has 2 rings (SSSR count). The summed E-state index contributed by atoms with van der Waals surface area (Å²) >= 11 is 0. The second kappa shape index (κ2) is 5.04. The molecule has 8 heteroatoms. The average Bonchev–Trinajstić information content (AvgIpc) is 2.38. The van der Waals surface area contributed by atoms with Gasteiger partial charge in [0.2, 0.25) is 10.0 Å². The Hall–Kier alpha value is -1.51. The molecule has 6 nitrogen and oxygen atoms in total. The van der Waals surface area contributed by atoms with E-state index < -0.39 is 44.3 Å². The number of hydrogen-bond acceptors (Lipinski definition) is 4. The summed E-state index contributed by atoms with van der Waals surface area (Å²) in [7, 11) is -4.20. The summed E-state index contributed by atoms with van der Waals surface area (Å²) in [4.78, 5) is 10.1. The minimum absolute atomic E-state index is 0.229. The minimum Gasteiger partial charge on any atom is -0.478 e. The van der Waals surface area contributed by atoms with Crippen molar-refractivity contribution in [3.63, 3.8) is 0 Å². The van der Waals surface area contributed by atoms with Crippen molar-refractivity contribution in [3.05, 3.63) is 29.6 Å². The van der Waals surface area contributed by atoms with Crippen LogP contribution in [0, 0.1) is 11.2 Å². The second-order valence-electron chi connectivity index (χ2n) is 5.70. The largest absolute Gasteiger partial charge is 0.478 e. The van der Waals surface area contributed by atoms with E-state index in [1.165, 1.54) is 0 Å². The summed E-state index contributed by atoms with van der Waals surface area (Å²) in [6.45, 7) is 3.39. The summed E-state index contributed by atoms with van der Waals surface area (Å²) in [5, 5.41) is 18.5. The number of nitrogens with one attached hydrogen (secondary N) is 1. The Bertz CT molecular complexity index is 686. The highest BCUT2D eigenvalue weighted by Gasteiger charge is 2.49. The van der Waals surface area contributed by atoms with Crippen LogP contribution < -0.4 is 4.72 Å². The van der Waals surface area contributed by atoms with Crippen molar-refractivity contribution in [1.29, 1.82) is 0 Å². The summed E-state index contributed by atoms with van der Waals surface area (Å²) in [5.41, 5.74) is -0.974. The van der Waals surface area contributed by atoms with Crippen LogP contribution in [0.3, 0.4) is 0 Å². The molecule has 0 amide bonds. The van der Waals surface area contributed by atoms with E-state index in [1.54, 1.807) is 13.8 Å². The van der Waals surface area contributed by atoms with Gasteiger partial charge in [-0.1, -0.05) is 13.8 Å². The smallest absolute Gasteiger partial charge is 0.335 e. The molecule has 1 aliphatic carbocycles. The first-order valence-corrected chi connectivity index (χ1v) is 7.77. The predicted octanol–water partition coefficient (Wildman–Crippen LogP) is 0.962. The average molecular weight is 317 g/mol. The summed E-state index contributed by atoms with van der Waals surface area (Å²) < 4.78 is 40.4. The van der Waals surface area contributed by atoms with Crippen LogP contribution in [0.4, 0.5) is 4.39 Å². The van der Waals surface area contributed by atoms with E-state index in [0.717, 1.165) is 18.2 Å². The first kappa shape index (κ1) is 15.9. The van der Waals surface area contributed by atoms with Gasteiger partial charge in [0.25, 0.3) is 0 Å². The number of benzene rings is 1. The highest BCUT2D eigenvalue weighted by Crippen LogP contribution is 2.41. The molecule has 0 radical (unpaired) electrons. The normalized spacial score (nSPS) is 24.4. The van der Waals surface area contributed by atoms with E-state index in [-0.39, 0.29) is 12.0 Å². The Morgan fingerprint density at radius 2 is 2.05 bits per heavy atom. The maximum Gasteiger partial charge on any atom is 0.335 e. The lowest BCUT2D eigenvalue weighted by Crippen LogP contribution is -2.61. The predicted molar refractivity (Wildman–Crippen MR) is 71.9 cm³/mol. The zero-order chi connectivity index (χ0) is 16.0. The fourth-order valence-electron chi connectivity index (χ4n) is 2.20. The molecule has 3 N–H and O–H groups in total. The number of rotatable bonds is 4. The van der Waals surface area contributed by atoms with Gasteiger partial charge in [-0.15, -0.1) is 0 Å². The second-order valence-corrected chi connectivity index (χ2v) is 7.38. The Balaban J connectivity index is 2.32. The number of carbonyl (C=O) groups is 1. The Kier molecular flexibility index (Phi) is 3.81.